The van der Waals surface area contributed by atoms with E-state index in [4.69, 9.17) is 4.74 Å². The van der Waals surface area contributed by atoms with Crippen LogP contribution in [-0.4, -0.2) is 48.4 Å². The molecule has 2 saturated heterocycles. The zero-order chi connectivity index (χ0) is 18.1. The van der Waals surface area contributed by atoms with Crippen molar-refractivity contribution in [2.24, 2.45) is 11.3 Å². The third-order valence-corrected chi connectivity index (χ3v) is 6.50. The first kappa shape index (κ1) is 17.4. The number of hydrogen-bond donors (Lipinski definition) is 0. The second kappa shape index (κ2) is 6.93. The molecular formula is C21H28N2O3. The van der Waals surface area contributed by atoms with Crippen LogP contribution in [0.5, 0.6) is 5.75 Å². The summed E-state index contributed by atoms with van der Waals surface area (Å²) in [6, 6.07) is 7.93. The zero-order valence-electron chi connectivity index (χ0n) is 15.6. The van der Waals surface area contributed by atoms with Crippen LogP contribution in [-0.2, 0) is 16.1 Å². The molecule has 5 heteroatoms. The molecule has 2 amide bonds. The van der Waals surface area contributed by atoms with Gasteiger partial charge in [0.25, 0.3) is 0 Å². The highest BCUT2D eigenvalue weighted by Gasteiger charge is 2.46. The van der Waals surface area contributed by atoms with Gasteiger partial charge in [0, 0.05) is 43.9 Å². The third kappa shape index (κ3) is 3.31. The highest BCUT2D eigenvalue weighted by atomic mass is 16.5. The maximum Gasteiger partial charge on any atom is 0.225 e. The van der Waals surface area contributed by atoms with Crippen molar-refractivity contribution in [3.05, 3.63) is 29.8 Å². The molecule has 1 spiro atoms. The second-order valence-electron chi connectivity index (χ2n) is 8.23. The van der Waals surface area contributed by atoms with Gasteiger partial charge >= 0.3 is 0 Å². The van der Waals surface area contributed by atoms with E-state index in [-0.39, 0.29) is 17.2 Å². The van der Waals surface area contributed by atoms with Crippen LogP contribution in [0.1, 0.15) is 44.1 Å². The summed E-state index contributed by atoms with van der Waals surface area (Å²) in [6.45, 7) is 3.09. The number of amides is 2. The van der Waals surface area contributed by atoms with Crippen molar-refractivity contribution in [2.75, 3.05) is 26.7 Å². The fraction of sp³-hybridized carbons (Fsp3) is 0.619. The van der Waals surface area contributed by atoms with Crippen molar-refractivity contribution in [1.82, 2.24) is 9.80 Å². The molecule has 5 nitrogen and oxygen atoms in total. The van der Waals surface area contributed by atoms with Crippen LogP contribution in [0.15, 0.2) is 24.3 Å². The first-order valence-corrected chi connectivity index (χ1v) is 9.78. The van der Waals surface area contributed by atoms with Crippen molar-refractivity contribution < 1.29 is 14.3 Å². The number of carbonyl (C=O) groups excluding carboxylic acids is 2. The van der Waals surface area contributed by atoms with Crippen molar-refractivity contribution in [3.63, 3.8) is 0 Å². The standard InChI is InChI=1S/C21H28N2O3/c1-26-18-7-2-4-16(12-18)14-23-15-21(13-19(23)24)8-10-22(11-9-21)20(25)17-5-3-6-17/h2,4,7,12,17H,3,5-6,8-11,13-15H2,1H3. The van der Waals surface area contributed by atoms with E-state index in [0.29, 0.717) is 18.9 Å². The van der Waals surface area contributed by atoms with E-state index >= 15 is 0 Å². The lowest BCUT2D eigenvalue weighted by Gasteiger charge is -2.41. The summed E-state index contributed by atoms with van der Waals surface area (Å²) < 4.78 is 5.28. The molecule has 1 saturated carbocycles. The number of carbonyl (C=O) groups is 2. The Morgan fingerprint density at radius 2 is 2.04 bits per heavy atom. The van der Waals surface area contributed by atoms with E-state index in [2.05, 4.69) is 0 Å². The average Bonchev–Trinajstić information content (AvgIpc) is 2.89. The fourth-order valence-electron chi connectivity index (χ4n) is 4.57. The van der Waals surface area contributed by atoms with Crippen molar-refractivity contribution >= 4 is 11.8 Å². The Morgan fingerprint density at radius 3 is 2.69 bits per heavy atom. The molecule has 3 aliphatic rings. The molecule has 4 rings (SSSR count). The number of hydrogen-bond acceptors (Lipinski definition) is 3. The maximum atomic E-state index is 12.6. The van der Waals surface area contributed by atoms with Gasteiger partial charge in [0.1, 0.15) is 5.75 Å². The molecule has 1 aliphatic carbocycles. The van der Waals surface area contributed by atoms with E-state index in [0.717, 1.165) is 56.6 Å². The van der Waals surface area contributed by atoms with Crippen LogP contribution in [0, 0.1) is 11.3 Å². The molecular weight excluding hydrogens is 328 g/mol. The quantitative estimate of drug-likeness (QED) is 0.833. The van der Waals surface area contributed by atoms with Gasteiger partial charge in [-0.05, 0) is 43.4 Å². The summed E-state index contributed by atoms with van der Waals surface area (Å²) in [5, 5.41) is 0. The van der Waals surface area contributed by atoms with Crippen molar-refractivity contribution in [2.45, 2.75) is 45.1 Å². The number of likely N-dealkylation sites (tertiary alicyclic amines) is 2. The minimum Gasteiger partial charge on any atom is -0.497 e. The zero-order valence-corrected chi connectivity index (χ0v) is 15.6. The topological polar surface area (TPSA) is 49.9 Å². The molecule has 3 fully saturated rings. The van der Waals surface area contributed by atoms with Crippen LogP contribution in [0.2, 0.25) is 0 Å². The van der Waals surface area contributed by atoms with E-state index in [1.165, 1.54) is 6.42 Å². The Balaban J connectivity index is 1.36. The molecule has 1 aromatic carbocycles. The Labute approximate surface area is 155 Å². The molecule has 0 radical (unpaired) electrons. The van der Waals surface area contributed by atoms with Crippen LogP contribution in [0.3, 0.4) is 0 Å². The molecule has 0 atom stereocenters. The Hall–Kier alpha value is -2.04. The highest BCUT2D eigenvalue weighted by Crippen LogP contribution is 2.42. The number of ether oxygens (including phenoxy) is 1. The lowest BCUT2D eigenvalue weighted by Crippen LogP contribution is -2.47. The van der Waals surface area contributed by atoms with Crippen LogP contribution < -0.4 is 4.74 Å². The molecule has 1 aromatic rings. The predicted octanol–water partition coefficient (Wildman–Crippen LogP) is 2.84. The van der Waals surface area contributed by atoms with Gasteiger partial charge in [-0.25, -0.2) is 0 Å². The summed E-state index contributed by atoms with van der Waals surface area (Å²) in [4.78, 5) is 29.1. The van der Waals surface area contributed by atoms with Gasteiger partial charge in [0.15, 0.2) is 0 Å². The monoisotopic (exact) mass is 356 g/mol. The maximum absolute atomic E-state index is 12.6. The summed E-state index contributed by atoms with van der Waals surface area (Å²) >= 11 is 0. The first-order chi connectivity index (χ1) is 12.6. The summed E-state index contributed by atoms with van der Waals surface area (Å²) in [6.07, 6.45) is 5.85. The van der Waals surface area contributed by atoms with Crippen LogP contribution in [0.25, 0.3) is 0 Å². The molecule has 0 N–H and O–H groups in total. The Bertz CT molecular complexity index is 690. The van der Waals surface area contributed by atoms with E-state index in [9.17, 15) is 9.59 Å². The van der Waals surface area contributed by atoms with Crippen LogP contribution >= 0.6 is 0 Å². The van der Waals surface area contributed by atoms with Crippen molar-refractivity contribution in [1.29, 1.82) is 0 Å². The van der Waals surface area contributed by atoms with E-state index in [1.807, 2.05) is 34.1 Å². The SMILES string of the molecule is COc1cccc(CN2CC3(CCN(C(=O)C4CCC4)CC3)CC2=O)c1. The average molecular weight is 356 g/mol. The lowest BCUT2D eigenvalue weighted by atomic mass is 9.76. The minimum absolute atomic E-state index is 0.0618. The third-order valence-electron chi connectivity index (χ3n) is 6.50. The molecule has 0 unspecified atom stereocenters. The lowest BCUT2D eigenvalue weighted by molar-refractivity contribution is -0.140. The van der Waals surface area contributed by atoms with Crippen LogP contribution in [0.4, 0.5) is 0 Å². The normalized spacial score (nSPS) is 22.6. The molecule has 140 valence electrons. The minimum atomic E-state index is 0.0618. The first-order valence-electron chi connectivity index (χ1n) is 9.78. The smallest absolute Gasteiger partial charge is 0.225 e. The fourth-order valence-corrected chi connectivity index (χ4v) is 4.57. The summed E-state index contributed by atoms with van der Waals surface area (Å²) in [5.74, 6) is 1.70. The Morgan fingerprint density at radius 1 is 1.27 bits per heavy atom. The molecule has 2 aliphatic heterocycles. The number of piperidine rings is 1. The number of benzene rings is 1. The Kier molecular flexibility index (Phi) is 4.63. The predicted molar refractivity (Wildman–Crippen MR) is 98.6 cm³/mol. The molecule has 2 heterocycles. The number of nitrogens with zero attached hydrogens (tertiary/aromatic N) is 2. The van der Waals surface area contributed by atoms with Gasteiger partial charge in [-0.15, -0.1) is 0 Å². The van der Waals surface area contributed by atoms with Gasteiger partial charge in [-0.1, -0.05) is 18.6 Å². The molecule has 26 heavy (non-hydrogen) atoms. The van der Waals surface area contributed by atoms with Gasteiger partial charge in [0.05, 0.1) is 7.11 Å². The van der Waals surface area contributed by atoms with E-state index in [1.54, 1.807) is 7.11 Å². The molecule has 0 aromatic heterocycles. The number of methoxy groups -OCH3 is 1. The summed E-state index contributed by atoms with van der Waals surface area (Å²) in [7, 11) is 1.66. The van der Waals surface area contributed by atoms with Crippen molar-refractivity contribution in [3.8, 4) is 5.75 Å². The van der Waals surface area contributed by atoms with Gasteiger partial charge in [-0.3, -0.25) is 9.59 Å². The van der Waals surface area contributed by atoms with Gasteiger partial charge in [0.2, 0.25) is 11.8 Å². The van der Waals surface area contributed by atoms with Gasteiger partial charge in [-0.2, -0.15) is 0 Å². The number of rotatable bonds is 4. The summed E-state index contributed by atoms with van der Waals surface area (Å²) in [5.41, 5.74) is 1.17. The molecule has 0 bridgehead atoms. The highest BCUT2D eigenvalue weighted by molar-refractivity contribution is 5.81. The largest absolute Gasteiger partial charge is 0.497 e. The van der Waals surface area contributed by atoms with E-state index < -0.39 is 0 Å². The second-order valence-corrected chi connectivity index (χ2v) is 8.23. The van der Waals surface area contributed by atoms with Gasteiger partial charge < -0.3 is 14.5 Å².